The summed E-state index contributed by atoms with van der Waals surface area (Å²) in [5.41, 5.74) is 1.34. The predicted octanol–water partition coefficient (Wildman–Crippen LogP) is 4.47. The smallest absolute Gasteiger partial charge is 0.234 e. The van der Waals surface area contributed by atoms with Gasteiger partial charge >= 0.3 is 0 Å². The van der Waals surface area contributed by atoms with Gasteiger partial charge in [0.15, 0.2) is 11.0 Å². The number of nitrogens with zero attached hydrogens (tertiary/aromatic N) is 3. The molecule has 10 heteroatoms. The number of anilines is 2. The molecule has 0 bridgehead atoms. The Morgan fingerprint density at radius 3 is 2.76 bits per heavy atom. The van der Waals surface area contributed by atoms with E-state index in [0.29, 0.717) is 44.7 Å². The predicted molar refractivity (Wildman–Crippen MR) is 117 cm³/mol. The summed E-state index contributed by atoms with van der Waals surface area (Å²) in [5.74, 6) is 1.34. The van der Waals surface area contributed by atoms with Gasteiger partial charge in [0.2, 0.25) is 5.91 Å². The number of halogens is 2. The Morgan fingerprint density at radius 1 is 1.17 bits per heavy atom. The highest BCUT2D eigenvalue weighted by Crippen LogP contribution is 2.26. The van der Waals surface area contributed by atoms with Gasteiger partial charge in [0.1, 0.15) is 5.75 Å². The minimum Gasteiger partial charge on any atom is -0.495 e. The van der Waals surface area contributed by atoms with Crippen molar-refractivity contribution in [3.8, 4) is 5.75 Å². The molecule has 2 N–H and O–H groups in total. The zero-order chi connectivity index (χ0) is 20.8. The van der Waals surface area contributed by atoms with E-state index < -0.39 is 0 Å². The fourth-order valence-electron chi connectivity index (χ4n) is 2.50. The monoisotopic (exact) mass is 451 g/mol. The molecule has 3 aromatic rings. The van der Waals surface area contributed by atoms with Crippen molar-refractivity contribution in [1.82, 2.24) is 14.8 Å². The maximum Gasteiger partial charge on any atom is 0.234 e. The normalized spacial score (nSPS) is 10.6. The summed E-state index contributed by atoms with van der Waals surface area (Å²) in [7, 11) is 3.41. The largest absolute Gasteiger partial charge is 0.495 e. The van der Waals surface area contributed by atoms with Crippen molar-refractivity contribution in [2.45, 2.75) is 11.7 Å². The van der Waals surface area contributed by atoms with Crippen LogP contribution in [0.5, 0.6) is 5.75 Å². The molecule has 0 fully saturated rings. The Labute approximate surface area is 182 Å². The zero-order valence-electron chi connectivity index (χ0n) is 15.8. The molecule has 0 spiro atoms. The number of thioether (sulfide) groups is 1. The van der Waals surface area contributed by atoms with Crippen molar-refractivity contribution < 1.29 is 9.53 Å². The van der Waals surface area contributed by atoms with E-state index in [1.54, 1.807) is 37.4 Å². The number of nitrogens with one attached hydrogen (secondary N) is 2. The molecule has 0 aliphatic rings. The minimum atomic E-state index is -0.159. The number of hydrogen-bond donors (Lipinski definition) is 2. The van der Waals surface area contributed by atoms with Crippen LogP contribution in [0.1, 0.15) is 5.82 Å². The number of rotatable bonds is 8. The fraction of sp³-hybridized carbons (Fsp3) is 0.211. The number of benzene rings is 2. The molecule has 152 valence electrons. The Balaban J connectivity index is 1.56. The topological polar surface area (TPSA) is 81.1 Å². The highest BCUT2D eigenvalue weighted by atomic mass is 35.5. The zero-order valence-corrected chi connectivity index (χ0v) is 18.1. The van der Waals surface area contributed by atoms with Gasteiger partial charge in [0, 0.05) is 12.1 Å². The van der Waals surface area contributed by atoms with Crippen molar-refractivity contribution in [2.75, 3.05) is 23.5 Å². The summed E-state index contributed by atoms with van der Waals surface area (Å²) in [4.78, 5) is 12.3. The third-order valence-electron chi connectivity index (χ3n) is 4.00. The average Bonchev–Trinajstić information content (AvgIpc) is 3.07. The van der Waals surface area contributed by atoms with Gasteiger partial charge in [-0.15, -0.1) is 10.2 Å². The lowest BCUT2D eigenvalue weighted by Crippen LogP contribution is -2.15. The lowest BCUT2D eigenvalue weighted by Gasteiger charge is -2.10. The molecule has 0 saturated heterocycles. The number of methoxy groups -OCH3 is 1. The van der Waals surface area contributed by atoms with E-state index in [0.717, 1.165) is 0 Å². The molecular formula is C19H19Cl2N5O2S. The van der Waals surface area contributed by atoms with E-state index in [4.69, 9.17) is 27.9 Å². The number of carbonyl (C=O) groups excluding carboxylic acids is 1. The van der Waals surface area contributed by atoms with Gasteiger partial charge in [-0.25, -0.2) is 0 Å². The second-order valence-electron chi connectivity index (χ2n) is 5.97. The second-order valence-corrected chi connectivity index (χ2v) is 7.76. The first-order valence-corrected chi connectivity index (χ1v) is 10.3. The van der Waals surface area contributed by atoms with Gasteiger partial charge in [-0.05, 0) is 30.3 Å². The van der Waals surface area contributed by atoms with Crippen LogP contribution in [-0.2, 0) is 18.4 Å². The first kappa shape index (κ1) is 21.3. The fourth-order valence-corrected chi connectivity index (χ4v) is 3.58. The number of carbonyl (C=O) groups is 1. The number of para-hydroxylation sites is 2. The van der Waals surface area contributed by atoms with Crippen LogP contribution in [0, 0.1) is 0 Å². The summed E-state index contributed by atoms with van der Waals surface area (Å²) in [6, 6.07) is 12.4. The third kappa shape index (κ3) is 5.56. The molecular weight excluding hydrogens is 433 g/mol. The molecule has 7 nitrogen and oxygen atoms in total. The van der Waals surface area contributed by atoms with Gasteiger partial charge in [-0.1, -0.05) is 47.1 Å². The quantitative estimate of drug-likeness (QED) is 0.491. The molecule has 0 saturated carbocycles. The van der Waals surface area contributed by atoms with Gasteiger partial charge in [0.25, 0.3) is 0 Å². The van der Waals surface area contributed by atoms with Crippen LogP contribution in [-0.4, -0.2) is 33.5 Å². The van der Waals surface area contributed by atoms with E-state index in [2.05, 4.69) is 20.8 Å². The molecule has 3 rings (SSSR count). The molecule has 1 heterocycles. The maximum absolute atomic E-state index is 12.3. The van der Waals surface area contributed by atoms with Crippen molar-refractivity contribution in [1.29, 1.82) is 0 Å². The number of hydrogen-bond acceptors (Lipinski definition) is 6. The van der Waals surface area contributed by atoms with E-state index >= 15 is 0 Å². The van der Waals surface area contributed by atoms with Crippen LogP contribution in [0.2, 0.25) is 10.0 Å². The molecule has 0 atom stereocenters. The van der Waals surface area contributed by atoms with E-state index in [1.807, 2.05) is 23.7 Å². The van der Waals surface area contributed by atoms with E-state index in [9.17, 15) is 4.79 Å². The first-order valence-electron chi connectivity index (χ1n) is 8.60. The van der Waals surface area contributed by atoms with Crippen molar-refractivity contribution in [3.05, 3.63) is 58.3 Å². The summed E-state index contributed by atoms with van der Waals surface area (Å²) in [5, 5.41) is 16.1. The van der Waals surface area contributed by atoms with Crippen LogP contribution < -0.4 is 15.4 Å². The third-order valence-corrected chi connectivity index (χ3v) is 5.59. The Bertz CT molecular complexity index is 1010. The highest BCUT2D eigenvalue weighted by molar-refractivity contribution is 7.99. The molecule has 0 aliphatic carbocycles. The molecule has 1 aromatic heterocycles. The lowest BCUT2D eigenvalue weighted by molar-refractivity contribution is -0.113. The van der Waals surface area contributed by atoms with E-state index in [1.165, 1.54) is 11.8 Å². The molecule has 1 amide bonds. The molecule has 0 unspecified atom stereocenters. The van der Waals surface area contributed by atoms with Crippen LogP contribution >= 0.6 is 35.0 Å². The molecule has 2 aromatic carbocycles. The Hall–Kier alpha value is -2.42. The molecule has 0 radical (unpaired) electrons. The van der Waals surface area contributed by atoms with Crippen LogP contribution in [0.15, 0.2) is 47.6 Å². The summed E-state index contributed by atoms with van der Waals surface area (Å²) in [6.45, 7) is 0.414. The molecule has 0 aliphatic heterocycles. The van der Waals surface area contributed by atoms with Crippen molar-refractivity contribution in [2.24, 2.45) is 7.05 Å². The van der Waals surface area contributed by atoms with Crippen LogP contribution in [0.4, 0.5) is 11.4 Å². The summed E-state index contributed by atoms with van der Waals surface area (Å²) < 4.78 is 7.06. The number of amides is 1. The van der Waals surface area contributed by atoms with Gasteiger partial charge < -0.3 is 19.9 Å². The van der Waals surface area contributed by atoms with Crippen molar-refractivity contribution >= 4 is 52.2 Å². The standard InChI is InChI=1S/C19H19Cl2N5O2S/c1-26-17(10-22-15-9-12(20)7-8-13(15)21)24-25-19(26)29-11-18(27)23-14-5-3-4-6-16(14)28-2/h3-9,22H,10-11H2,1-2H3,(H,23,27). The van der Waals surface area contributed by atoms with E-state index in [-0.39, 0.29) is 11.7 Å². The maximum atomic E-state index is 12.3. The van der Waals surface area contributed by atoms with Crippen LogP contribution in [0.3, 0.4) is 0 Å². The Kier molecular flexibility index (Phi) is 7.24. The first-order chi connectivity index (χ1) is 14.0. The van der Waals surface area contributed by atoms with Crippen LogP contribution in [0.25, 0.3) is 0 Å². The number of aromatic nitrogens is 3. The molecule has 29 heavy (non-hydrogen) atoms. The lowest BCUT2D eigenvalue weighted by atomic mass is 10.3. The number of ether oxygens (including phenoxy) is 1. The van der Waals surface area contributed by atoms with Gasteiger partial charge in [-0.2, -0.15) is 0 Å². The summed E-state index contributed by atoms with van der Waals surface area (Å²) in [6.07, 6.45) is 0. The van der Waals surface area contributed by atoms with Gasteiger partial charge in [0.05, 0.1) is 35.8 Å². The summed E-state index contributed by atoms with van der Waals surface area (Å²) >= 11 is 13.5. The average molecular weight is 452 g/mol. The Morgan fingerprint density at radius 2 is 1.97 bits per heavy atom. The second kappa shape index (κ2) is 9.87. The van der Waals surface area contributed by atoms with Gasteiger partial charge in [-0.3, -0.25) is 4.79 Å². The SMILES string of the molecule is COc1ccccc1NC(=O)CSc1nnc(CNc2cc(Cl)ccc2Cl)n1C. The highest BCUT2D eigenvalue weighted by Gasteiger charge is 2.13. The minimum absolute atomic E-state index is 0.159. The van der Waals surface area contributed by atoms with Crippen molar-refractivity contribution in [3.63, 3.8) is 0 Å².